The van der Waals surface area contributed by atoms with E-state index in [0.29, 0.717) is 31.5 Å². The molecule has 25 heavy (non-hydrogen) atoms. The van der Waals surface area contributed by atoms with Crippen molar-refractivity contribution in [3.8, 4) is 0 Å². The average molecular weight is 346 g/mol. The van der Waals surface area contributed by atoms with Crippen LogP contribution in [0.15, 0.2) is 33.7 Å². The fourth-order valence-electron chi connectivity index (χ4n) is 2.08. The number of aromatic nitrogens is 1. The van der Waals surface area contributed by atoms with E-state index in [1.165, 1.54) is 12.1 Å². The van der Waals surface area contributed by atoms with Crippen molar-refractivity contribution in [3.63, 3.8) is 0 Å². The van der Waals surface area contributed by atoms with Gasteiger partial charge in [0.05, 0.1) is 17.2 Å². The molecule has 0 aliphatic carbocycles. The molecule has 0 saturated heterocycles. The lowest BCUT2D eigenvalue weighted by Crippen LogP contribution is -2.39. The van der Waals surface area contributed by atoms with Crippen molar-refractivity contribution in [3.05, 3.63) is 51.7 Å². The minimum Gasteiger partial charge on any atom is -0.444 e. The number of nitro benzene ring substituents is 1. The number of guanidine groups is 1. The highest BCUT2D eigenvalue weighted by Crippen LogP contribution is 2.14. The zero-order valence-electron chi connectivity index (χ0n) is 14.5. The van der Waals surface area contributed by atoms with Crippen LogP contribution in [-0.2, 0) is 6.54 Å². The number of nitro groups is 1. The quantitative estimate of drug-likeness (QED) is 0.231. The topological polar surface area (TPSA) is 118 Å². The lowest BCUT2D eigenvalue weighted by atomic mass is 10.3. The number of rotatable bonds is 7. The van der Waals surface area contributed by atoms with Crippen molar-refractivity contribution in [1.82, 2.24) is 15.6 Å². The minimum atomic E-state index is -0.419. The molecule has 0 atom stereocenters. The summed E-state index contributed by atoms with van der Waals surface area (Å²) in [5.74, 6) is 2.06. The fraction of sp³-hybridized carbons (Fsp3) is 0.375. The van der Waals surface area contributed by atoms with Gasteiger partial charge < -0.3 is 20.4 Å². The molecule has 1 aromatic heterocycles. The number of nitrogens with zero attached hydrogens (tertiary/aromatic N) is 3. The number of non-ortho nitro benzene ring substituents is 1. The fourth-order valence-corrected chi connectivity index (χ4v) is 2.08. The van der Waals surface area contributed by atoms with Crippen LogP contribution in [0.1, 0.15) is 17.3 Å². The van der Waals surface area contributed by atoms with Crippen molar-refractivity contribution >= 4 is 17.3 Å². The third-order valence-electron chi connectivity index (χ3n) is 3.53. The molecule has 134 valence electrons. The van der Waals surface area contributed by atoms with Gasteiger partial charge in [0, 0.05) is 38.0 Å². The Labute approximate surface area is 145 Å². The zero-order chi connectivity index (χ0) is 18.2. The van der Waals surface area contributed by atoms with Gasteiger partial charge in [0.2, 0.25) is 5.89 Å². The highest BCUT2D eigenvalue weighted by atomic mass is 16.6. The smallest absolute Gasteiger partial charge is 0.269 e. The van der Waals surface area contributed by atoms with Crippen molar-refractivity contribution in [2.75, 3.05) is 25.5 Å². The Morgan fingerprint density at radius 2 is 1.96 bits per heavy atom. The predicted octanol–water partition coefficient (Wildman–Crippen LogP) is 1.98. The highest BCUT2D eigenvalue weighted by molar-refractivity contribution is 5.79. The molecule has 0 amide bonds. The molecule has 3 N–H and O–H groups in total. The number of oxazole rings is 1. The molecule has 0 spiro atoms. The number of anilines is 1. The van der Waals surface area contributed by atoms with Crippen LogP contribution < -0.4 is 16.0 Å². The molecular weight excluding hydrogens is 324 g/mol. The van der Waals surface area contributed by atoms with Crippen molar-refractivity contribution in [1.29, 1.82) is 0 Å². The molecular formula is C16H22N6O3. The van der Waals surface area contributed by atoms with E-state index in [1.807, 2.05) is 13.8 Å². The van der Waals surface area contributed by atoms with E-state index in [-0.39, 0.29) is 5.69 Å². The Hall–Kier alpha value is -3.10. The average Bonchev–Trinajstić information content (AvgIpc) is 2.92. The first-order chi connectivity index (χ1) is 12.0. The summed E-state index contributed by atoms with van der Waals surface area (Å²) in [7, 11) is 1.69. The number of hydrogen-bond acceptors (Lipinski definition) is 6. The van der Waals surface area contributed by atoms with Gasteiger partial charge >= 0.3 is 0 Å². The summed E-state index contributed by atoms with van der Waals surface area (Å²) in [6.45, 7) is 5.49. The second-order valence-corrected chi connectivity index (χ2v) is 5.33. The Balaban J connectivity index is 1.71. The van der Waals surface area contributed by atoms with E-state index in [4.69, 9.17) is 4.42 Å². The molecule has 0 radical (unpaired) electrons. The van der Waals surface area contributed by atoms with Crippen molar-refractivity contribution in [2.24, 2.45) is 4.99 Å². The van der Waals surface area contributed by atoms with Gasteiger partial charge in [-0.2, -0.15) is 0 Å². The van der Waals surface area contributed by atoms with Gasteiger partial charge in [0.15, 0.2) is 5.96 Å². The highest BCUT2D eigenvalue weighted by Gasteiger charge is 2.06. The molecule has 2 rings (SSSR count). The van der Waals surface area contributed by atoms with Crippen molar-refractivity contribution in [2.45, 2.75) is 20.4 Å². The Morgan fingerprint density at radius 1 is 1.24 bits per heavy atom. The second-order valence-electron chi connectivity index (χ2n) is 5.33. The van der Waals surface area contributed by atoms with Crippen molar-refractivity contribution < 1.29 is 9.34 Å². The lowest BCUT2D eigenvalue weighted by molar-refractivity contribution is -0.384. The van der Waals surface area contributed by atoms with E-state index in [9.17, 15) is 10.1 Å². The van der Waals surface area contributed by atoms with E-state index >= 15 is 0 Å². The van der Waals surface area contributed by atoms with Gasteiger partial charge in [0.1, 0.15) is 5.76 Å². The molecule has 1 aromatic carbocycles. The van der Waals surface area contributed by atoms with Gasteiger partial charge in [-0.1, -0.05) is 0 Å². The van der Waals surface area contributed by atoms with Crippen LogP contribution in [0.3, 0.4) is 0 Å². The molecule has 0 saturated carbocycles. The summed E-state index contributed by atoms with van der Waals surface area (Å²) in [5, 5.41) is 20.1. The maximum atomic E-state index is 10.6. The summed E-state index contributed by atoms with van der Waals surface area (Å²) in [6, 6.07) is 6.30. The van der Waals surface area contributed by atoms with Crippen LogP contribution >= 0.6 is 0 Å². The van der Waals surface area contributed by atoms with Gasteiger partial charge in [-0.15, -0.1) is 0 Å². The maximum Gasteiger partial charge on any atom is 0.269 e. The van der Waals surface area contributed by atoms with Crippen LogP contribution in [0.4, 0.5) is 11.4 Å². The summed E-state index contributed by atoms with van der Waals surface area (Å²) < 4.78 is 5.50. The third-order valence-corrected chi connectivity index (χ3v) is 3.53. The first-order valence-corrected chi connectivity index (χ1v) is 7.85. The van der Waals surface area contributed by atoms with Gasteiger partial charge in [-0.3, -0.25) is 15.1 Å². The Morgan fingerprint density at radius 3 is 2.52 bits per heavy atom. The van der Waals surface area contributed by atoms with E-state index in [1.54, 1.807) is 19.2 Å². The molecule has 0 aliphatic rings. The standard InChI is InChI=1S/C16H22N6O3/c1-11-12(2)25-15(21-11)10-20-16(17-3)19-9-8-18-13-4-6-14(7-5-13)22(23)24/h4-7,18H,8-10H2,1-3H3,(H2,17,19,20). The molecule has 9 heteroatoms. The first-order valence-electron chi connectivity index (χ1n) is 7.85. The van der Waals surface area contributed by atoms with E-state index < -0.39 is 4.92 Å². The second kappa shape index (κ2) is 8.67. The minimum absolute atomic E-state index is 0.0743. The molecule has 1 heterocycles. The largest absolute Gasteiger partial charge is 0.444 e. The molecule has 0 unspecified atom stereocenters. The monoisotopic (exact) mass is 346 g/mol. The molecule has 0 aliphatic heterocycles. The molecule has 2 aromatic rings. The lowest BCUT2D eigenvalue weighted by Gasteiger charge is -2.11. The number of benzene rings is 1. The molecule has 9 nitrogen and oxygen atoms in total. The van der Waals surface area contributed by atoms with Crippen LogP contribution in [0.5, 0.6) is 0 Å². The van der Waals surface area contributed by atoms with E-state index in [0.717, 1.165) is 17.1 Å². The zero-order valence-corrected chi connectivity index (χ0v) is 14.5. The van der Waals surface area contributed by atoms with Crippen LogP contribution in [0, 0.1) is 24.0 Å². The van der Waals surface area contributed by atoms with Crippen LogP contribution in [-0.4, -0.2) is 36.0 Å². The van der Waals surface area contributed by atoms with Gasteiger partial charge in [-0.25, -0.2) is 4.98 Å². The van der Waals surface area contributed by atoms with Gasteiger partial charge in [0.25, 0.3) is 5.69 Å². The summed E-state index contributed by atoms with van der Waals surface area (Å²) >= 11 is 0. The number of aliphatic imine (C=N–C) groups is 1. The summed E-state index contributed by atoms with van der Waals surface area (Å²) in [5.41, 5.74) is 1.78. The van der Waals surface area contributed by atoms with Crippen LogP contribution in [0.2, 0.25) is 0 Å². The number of hydrogen-bond donors (Lipinski definition) is 3. The first kappa shape index (κ1) is 18.2. The number of nitrogens with one attached hydrogen (secondary N) is 3. The Bertz CT molecular complexity index is 719. The predicted molar refractivity (Wildman–Crippen MR) is 95.8 cm³/mol. The summed E-state index contributed by atoms with van der Waals surface area (Å²) in [4.78, 5) is 18.6. The molecule has 0 fully saturated rings. The SMILES string of the molecule is CN=C(NCCNc1ccc([N+](=O)[O-])cc1)NCc1nc(C)c(C)o1. The van der Waals surface area contributed by atoms with Gasteiger partial charge in [-0.05, 0) is 26.0 Å². The maximum absolute atomic E-state index is 10.6. The number of aryl methyl sites for hydroxylation is 2. The summed E-state index contributed by atoms with van der Waals surface area (Å²) in [6.07, 6.45) is 0. The Kier molecular flexibility index (Phi) is 6.33. The molecule has 0 bridgehead atoms. The normalized spacial score (nSPS) is 11.2. The van der Waals surface area contributed by atoms with E-state index in [2.05, 4.69) is 25.9 Å². The van der Waals surface area contributed by atoms with Crippen LogP contribution in [0.25, 0.3) is 0 Å². The third kappa shape index (κ3) is 5.48.